The van der Waals surface area contributed by atoms with Crippen LogP contribution in [-0.4, -0.2) is 40.9 Å². The van der Waals surface area contributed by atoms with Crippen LogP contribution < -0.4 is 4.74 Å². The van der Waals surface area contributed by atoms with Crippen LogP contribution in [0, 0.1) is 5.82 Å². The minimum absolute atomic E-state index is 0.0552. The Kier molecular flexibility index (Phi) is 5.37. The maximum absolute atomic E-state index is 13.5. The Morgan fingerprint density at radius 2 is 2.14 bits per heavy atom. The number of halogens is 1. The molecule has 0 bridgehead atoms. The molecule has 2 rings (SSSR count). The van der Waals surface area contributed by atoms with E-state index >= 15 is 0 Å². The molecule has 0 N–H and O–H groups in total. The molecule has 8 heteroatoms. The summed E-state index contributed by atoms with van der Waals surface area (Å²) in [6, 6.07) is 6.08. The second-order valence-electron chi connectivity index (χ2n) is 4.67. The first-order valence-corrected chi connectivity index (χ1v) is 7.53. The molecule has 0 saturated carbocycles. The fraction of sp³-hybridized carbons (Fsp3) is 0.357. The van der Waals surface area contributed by atoms with Gasteiger partial charge in [-0.2, -0.15) is 0 Å². The molecule has 1 amide bonds. The predicted octanol–water partition coefficient (Wildman–Crippen LogP) is 2.53. The first-order chi connectivity index (χ1) is 10.5. The number of benzene rings is 1. The summed E-state index contributed by atoms with van der Waals surface area (Å²) < 4.78 is 24.4. The molecule has 1 aromatic heterocycles. The Hall–Kier alpha value is -2.09. The van der Waals surface area contributed by atoms with Crippen molar-refractivity contribution in [3.05, 3.63) is 36.0 Å². The minimum Gasteiger partial charge on any atom is -0.478 e. The van der Waals surface area contributed by atoms with Gasteiger partial charge in [0.25, 0.3) is 11.1 Å². The fourth-order valence-corrected chi connectivity index (χ4v) is 2.22. The Balaban J connectivity index is 1.96. The van der Waals surface area contributed by atoms with Gasteiger partial charge in [0.15, 0.2) is 17.7 Å². The summed E-state index contributed by atoms with van der Waals surface area (Å²) in [7, 11) is 3.35. The van der Waals surface area contributed by atoms with Gasteiger partial charge in [0.05, 0.1) is 5.75 Å². The maximum Gasteiger partial charge on any atom is 0.277 e. The average Bonchev–Trinajstić information content (AvgIpc) is 2.96. The summed E-state index contributed by atoms with van der Waals surface area (Å²) in [5, 5.41) is 7.96. The number of amides is 1. The van der Waals surface area contributed by atoms with E-state index in [-0.39, 0.29) is 28.5 Å². The van der Waals surface area contributed by atoms with Crippen LogP contribution in [-0.2, 0) is 4.79 Å². The molecule has 6 nitrogen and oxygen atoms in total. The van der Waals surface area contributed by atoms with Crippen LogP contribution >= 0.6 is 11.8 Å². The number of carbonyl (C=O) groups excluding carboxylic acids is 1. The summed E-state index contributed by atoms with van der Waals surface area (Å²) in [5.74, 6) is 0.0330. The van der Waals surface area contributed by atoms with Crippen LogP contribution in [0.25, 0.3) is 0 Å². The van der Waals surface area contributed by atoms with Crippen LogP contribution in [0.2, 0.25) is 0 Å². The van der Waals surface area contributed by atoms with E-state index < -0.39 is 11.9 Å². The lowest BCUT2D eigenvalue weighted by Gasteiger charge is -2.11. The van der Waals surface area contributed by atoms with Crippen molar-refractivity contribution < 1.29 is 18.3 Å². The zero-order valence-corrected chi connectivity index (χ0v) is 13.3. The van der Waals surface area contributed by atoms with Crippen LogP contribution in [0.5, 0.6) is 5.75 Å². The zero-order valence-electron chi connectivity index (χ0n) is 12.4. The Bertz CT molecular complexity index is 648. The number of aromatic nitrogens is 2. The lowest BCUT2D eigenvalue weighted by Crippen LogP contribution is -2.23. The smallest absolute Gasteiger partial charge is 0.277 e. The zero-order chi connectivity index (χ0) is 16.1. The quantitative estimate of drug-likeness (QED) is 0.760. The minimum atomic E-state index is -0.594. The van der Waals surface area contributed by atoms with Gasteiger partial charge in [-0.15, -0.1) is 10.2 Å². The third-order valence-corrected chi connectivity index (χ3v) is 3.53. The van der Waals surface area contributed by atoms with Crippen LogP contribution in [0.3, 0.4) is 0 Å². The summed E-state index contributed by atoms with van der Waals surface area (Å²) in [5.41, 5.74) is 0. The molecule has 0 fully saturated rings. The SMILES string of the molecule is C[C@@H](Oc1ccccc1F)c1nnc(SCC(=O)N(C)C)o1. The van der Waals surface area contributed by atoms with Gasteiger partial charge in [0.1, 0.15) is 0 Å². The second-order valence-corrected chi connectivity index (χ2v) is 5.60. The van der Waals surface area contributed by atoms with Crippen LogP contribution in [0.15, 0.2) is 33.9 Å². The molecule has 118 valence electrons. The third kappa shape index (κ3) is 4.20. The van der Waals surface area contributed by atoms with Gasteiger partial charge in [-0.05, 0) is 19.1 Å². The normalized spacial score (nSPS) is 12.0. The number of hydrogen-bond donors (Lipinski definition) is 0. The lowest BCUT2D eigenvalue weighted by atomic mass is 10.3. The molecule has 2 aromatic rings. The average molecular weight is 325 g/mol. The first kappa shape index (κ1) is 16.3. The fourth-order valence-electron chi connectivity index (χ4n) is 1.48. The number of rotatable bonds is 6. The van der Waals surface area contributed by atoms with E-state index in [1.807, 2.05) is 0 Å². The summed E-state index contributed by atoms with van der Waals surface area (Å²) in [4.78, 5) is 13.0. The van der Waals surface area contributed by atoms with E-state index in [1.165, 1.54) is 17.0 Å². The van der Waals surface area contributed by atoms with Crippen molar-refractivity contribution in [2.75, 3.05) is 19.8 Å². The van der Waals surface area contributed by atoms with Gasteiger partial charge in [-0.25, -0.2) is 4.39 Å². The van der Waals surface area contributed by atoms with Crippen molar-refractivity contribution in [3.8, 4) is 5.75 Å². The molecule has 1 atom stereocenters. The van der Waals surface area contributed by atoms with Crippen molar-refractivity contribution in [1.82, 2.24) is 15.1 Å². The number of para-hydroxylation sites is 1. The molecule has 1 heterocycles. The van der Waals surface area contributed by atoms with Gasteiger partial charge in [-0.3, -0.25) is 4.79 Å². The van der Waals surface area contributed by atoms with Crippen molar-refractivity contribution in [1.29, 1.82) is 0 Å². The highest BCUT2D eigenvalue weighted by Crippen LogP contribution is 2.25. The predicted molar refractivity (Wildman–Crippen MR) is 79.2 cm³/mol. The van der Waals surface area contributed by atoms with E-state index in [0.717, 1.165) is 11.8 Å². The second kappa shape index (κ2) is 7.26. The number of carbonyl (C=O) groups is 1. The van der Waals surface area contributed by atoms with Gasteiger partial charge in [-0.1, -0.05) is 23.9 Å². The maximum atomic E-state index is 13.5. The van der Waals surface area contributed by atoms with Gasteiger partial charge in [0, 0.05) is 14.1 Å². The molecule has 0 unspecified atom stereocenters. The monoisotopic (exact) mass is 325 g/mol. The van der Waals surface area contributed by atoms with Crippen molar-refractivity contribution in [2.45, 2.75) is 18.3 Å². The number of nitrogens with zero attached hydrogens (tertiary/aromatic N) is 3. The highest BCUT2D eigenvalue weighted by Gasteiger charge is 2.18. The third-order valence-electron chi connectivity index (χ3n) is 2.73. The van der Waals surface area contributed by atoms with E-state index in [0.29, 0.717) is 0 Å². The number of ether oxygens (including phenoxy) is 1. The van der Waals surface area contributed by atoms with E-state index in [1.54, 1.807) is 33.2 Å². The van der Waals surface area contributed by atoms with Gasteiger partial charge in [0.2, 0.25) is 5.91 Å². The van der Waals surface area contributed by atoms with E-state index in [4.69, 9.17) is 9.15 Å². The molecule has 0 aliphatic rings. The largest absolute Gasteiger partial charge is 0.478 e. The van der Waals surface area contributed by atoms with Crippen LogP contribution in [0.4, 0.5) is 4.39 Å². The summed E-state index contributed by atoms with van der Waals surface area (Å²) in [6.45, 7) is 1.68. The number of thioether (sulfide) groups is 1. The topological polar surface area (TPSA) is 68.5 Å². The van der Waals surface area contributed by atoms with E-state index in [2.05, 4.69) is 10.2 Å². The molecule has 0 aliphatic carbocycles. The van der Waals surface area contributed by atoms with Crippen molar-refractivity contribution >= 4 is 17.7 Å². The van der Waals surface area contributed by atoms with E-state index in [9.17, 15) is 9.18 Å². The standard InChI is InChI=1S/C14H16FN3O3S/c1-9(20-11-7-5-4-6-10(11)15)13-16-17-14(21-13)22-8-12(19)18(2)3/h4-7,9H,8H2,1-3H3/t9-/m1/s1. The Morgan fingerprint density at radius 3 is 2.82 bits per heavy atom. The molecular weight excluding hydrogens is 309 g/mol. The molecule has 0 radical (unpaired) electrons. The highest BCUT2D eigenvalue weighted by atomic mass is 32.2. The Labute approximate surface area is 131 Å². The van der Waals surface area contributed by atoms with Gasteiger partial charge < -0.3 is 14.1 Å². The van der Waals surface area contributed by atoms with Crippen molar-refractivity contribution in [2.24, 2.45) is 0 Å². The molecule has 0 aliphatic heterocycles. The summed E-state index contributed by atoms with van der Waals surface area (Å²) in [6.07, 6.45) is -0.594. The molecule has 1 aromatic carbocycles. The first-order valence-electron chi connectivity index (χ1n) is 6.55. The molecular formula is C14H16FN3O3S. The lowest BCUT2D eigenvalue weighted by molar-refractivity contribution is -0.125. The molecule has 0 spiro atoms. The van der Waals surface area contributed by atoms with Crippen LogP contribution in [0.1, 0.15) is 18.9 Å². The summed E-state index contributed by atoms with van der Waals surface area (Å²) >= 11 is 1.14. The molecule has 22 heavy (non-hydrogen) atoms. The molecule has 0 saturated heterocycles. The van der Waals surface area contributed by atoms with Gasteiger partial charge >= 0.3 is 0 Å². The highest BCUT2D eigenvalue weighted by molar-refractivity contribution is 7.99. The Morgan fingerprint density at radius 1 is 1.41 bits per heavy atom. The van der Waals surface area contributed by atoms with Crippen molar-refractivity contribution in [3.63, 3.8) is 0 Å². The number of hydrogen-bond acceptors (Lipinski definition) is 6.